The number of anilines is 4. The Kier molecular flexibility index (Phi) is 3.50. The highest BCUT2D eigenvalue weighted by Crippen LogP contribution is 2.20. The molecule has 0 heterocycles. The second-order valence-electron chi connectivity index (χ2n) is 3.78. The first kappa shape index (κ1) is 11.3. The first-order chi connectivity index (χ1) is 8.31. The van der Waals surface area contributed by atoms with Crippen LogP contribution in [-0.2, 0) is 0 Å². The van der Waals surface area contributed by atoms with Gasteiger partial charge in [0.25, 0.3) is 0 Å². The highest BCUT2D eigenvalue weighted by atomic mass is 14.9. The molecule has 0 fully saturated rings. The van der Waals surface area contributed by atoms with Crippen molar-refractivity contribution in [1.29, 1.82) is 0 Å². The maximum Gasteiger partial charge on any atom is 0.0385 e. The summed E-state index contributed by atoms with van der Waals surface area (Å²) in [7, 11) is 3.83. The summed E-state index contributed by atoms with van der Waals surface area (Å²) in [5.74, 6) is 0. The molecule has 0 saturated carbocycles. The van der Waals surface area contributed by atoms with Crippen LogP contribution < -0.4 is 16.0 Å². The molecule has 0 saturated heterocycles. The molecule has 0 unspecified atom stereocenters. The van der Waals surface area contributed by atoms with E-state index in [4.69, 9.17) is 0 Å². The molecule has 0 aliphatic carbocycles. The van der Waals surface area contributed by atoms with Crippen LogP contribution in [0.2, 0.25) is 0 Å². The van der Waals surface area contributed by atoms with E-state index in [1.165, 1.54) is 0 Å². The smallest absolute Gasteiger partial charge is 0.0385 e. The lowest BCUT2D eigenvalue weighted by Gasteiger charge is -2.08. The molecule has 0 atom stereocenters. The van der Waals surface area contributed by atoms with Gasteiger partial charge in [-0.1, -0.05) is 0 Å². The summed E-state index contributed by atoms with van der Waals surface area (Å²) < 4.78 is 0. The van der Waals surface area contributed by atoms with Crippen LogP contribution in [0.5, 0.6) is 0 Å². The van der Waals surface area contributed by atoms with Gasteiger partial charge in [-0.25, -0.2) is 0 Å². The maximum absolute atomic E-state index is 3.35. The third-order valence-electron chi connectivity index (χ3n) is 2.64. The lowest BCUT2D eigenvalue weighted by Crippen LogP contribution is -1.92. The van der Waals surface area contributed by atoms with Gasteiger partial charge in [0, 0.05) is 36.8 Å². The molecule has 3 nitrogen and oxygen atoms in total. The van der Waals surface area contributed by atoms with Crippen molar-refractivity contribution in [3.05, 3.63) is 48.5 Å². The van der Waals surface area contributed by atoms with Crippen LogP contribution in [0.3, 0.4) is 0 Å². The Morgan fingerprint density at radius 3 is 1.12 bits per heavy atom. The number of hydrogen-bond acceptors (Lipinski definition) is 3. The van der Waals surface area contributed by atoms with Crippen LogP contribution in [-0.4, -0.2) is 14.1 Å². The average molecular weight is 227 g/mol. The predicted octanol–water partition coefficient (Wildman–Crippen LogP) is 3.51. The second kappa shape index (κ2) is 5.25. The molecule has 0 amide bonds. The van der Waals surface area contributed by atoms with Gasteiger partial charge in [-0.3, -0.25) is 0 Å². The number of rotatable bonds is 4. The molecule has 0 aliphatic rings. The Hall–Kier alpha value is -2.16. The van der Waals surface area contributed by atoms with Crippen LogP contribution in [0, 0.1) is 0 Å². The predicted molar refractivity (Wildman–Crippen MR) is 75.3 cm³/mol. The molecule has 0 radical (unpaired) electrons. The first-order valence-corrected chi connectivity index (χ1v) is 5.64. The zero-order valence-corrected chi connectivity index (χ0v) is 10.1. The summed E-state index contributed by atoms with van der Waals surface area (Å²) >= 11 is 0. The molecule has 3 N–H and O–H groups in total. The number of benzene rings is 2. The van der Waals surface area contributed by atoms with E-state index < -0.39 is 0 Å². The molecule has 0 bridgehead atoms. The van der Waals surface area contributed by atoms with Crippen LogP contribution in [0.15, 0.2) is 48.5 Å². The molecular weight excluding hydrogens is 210 g/mol. The highest BCUT2D eigenvalue weighted by Gasteiger charge is 1.95. The van der Waals surface area contributed by atoms with Gasteiger partial charge < -0.3 is 16.0 Å². The first-order valence-electron chi connectivity index (χ1n) is 5.64. The van der Waals surface area contributed by atoms with Crippen molar-refractivity contribution in [2.75, 3.05) is 30.0 Å². The largest absolute Gasteiger partial charge is 0.388 e. The van der Waals surface area contributed by atoms with Crippen LogP contribution in [0.25, 0.3) is 0 Å². The molecule has 2 rings (SSSR count). The van der Waals surface area contributed by atoms with Gasteiger partial charge >= 0.3 is 0 Å². The Bertz CT molecular complexity index is 414. The van der Waals surface area contributed by atoms with E-state index in [1.807, 2.05) is 38.4 Å². The van der Waals surface area contributed by atoms with Gasteiger partial charge in [-0.05, 0) is 48.5 Å². The lowest BCUT2D eigenvalue weighted by molar-refractivity contribution is 1.48. The van der Waals surface area contributed by atoms with E-state index in [1.54, 1.807) is 0 Å². The minimum Gasteiger partial charge on any atom is -0.388 e. The highest BCUT2D eigenvalue weighted by molar-refractivity contribution is 5.64. The van der Waals surface area contributed by atoms with Crippen molar-refractivity contribution >= 4 is 22.7 Å². The van der Waals surface area contributed by atoms with Gasteiger partial charge in [0.15, 0.2) is 0 Å². The van der Waals surface area contributed by atoms with Crippen molar-refractivity contribution in [3.8, 4) is 0 Å². The SMILES string of the molecule is CNc1ccc(Nc2ccc(NC)cc2)cc1. The van der Waals surface area contributed by atoms with Crippen LogP contribution >= 0.6 is 0 Å². The standard InChI is InChI=1S/C14H17N3/c1-15-11-3-7-13(8-4-11)17-14-9-5-12(16-2)6-10-14/h3-10,15-17H,1-2H3. The van der Waals surface area contributed by atoms with Gasteiger partial charge in [0.05, 0.1) is 0 Å². The average Bonchev–Trinajstić information content (AvgIpc) is 2.40. The Morgan fingerprint density at radius 2 is 0.824 bits per heavy atom. The molecule has 2 aromatic carbocycles. The van der Waals surface area contributed by atoms with Crippen LogP contribution in [0.1, 0.15) is 0 Å². The molecule has 3 heteroatoms. The number of hydrogen-bond donors (Lipinski definition) is 3. The van der Waals surface area contributed by atoms with Crippen LogP contribution in [0.4, 0.5) is 22.7 Å². The second-order valence-corrected chi connectivity index (χ2v) is 3.78. The fraction of sp³-hybridized carbons (Fsp3) is 0.143. The summed E-state index contributed by atoms with van der Waals surface area (Å²) in [5.41, 5.74) is 4.39. The van der Waals surface area contributed by atoms with Crippen molar-refractivity contribution in [2.45, 2.75) is 0 Å². The summed E-state index contributed by atoms with van der Waals surface area (Å²) in [4.78, 5) is 0. The lowest BCUT2D eigenvalue weighted by atomic mass is 10.2. The van der Waals surface area contributed by atoms with E-state index in [0.29, 0.717) is 0 Å². The van der Waals surface area contributed by atoms with Gasteiger partial charge in [0.1, 0.15) is 0 Å². The quantitative estimate of drug-likeness (QED) is 0.748. The molecule has 0 aliphatic heterocycles. The molecule has 0 spiro atoms. The minimum absolute atomic E-state index is 1.08. The zero-order valence-electron chi connectivity index (χ0n) is 10.1. The zero-order chi connectivity index (χ0) is 12.1. The summed E-state index contributed by atoms with van der Waals surface area (Å²) in [5, 5.41) is 9.55. The third-order valence-corrected chi connectivity index (χ3v) is 2.64. The van der Waals surface area contributed by atoms with E-state index in [-0.39, 0.29) is 0 Å². The van der Waals surface area contributed by atoms with Gasteiger partial charge in [-0.15, -0.1) is 0 Å². The Labute approximate surface area is 102 Å². The van der Waals surface area contributed by atoms with E-state index in [0.717, 1.165) is 22.7 Å². The minimum atomic E-state index is 1.08. The Balaban J connectivity index is 2.08. The van der Waals surface area contributed by atoms with Crippen molar-refractivity contribution in [2.24, 2.45) is 0 Å². The van der Waals surface area contributed by atoms with Crippen molar-refractivity contribution in [1.82, 2.24) is 0 Å². The molecule has 0 aromatic heterocycles. The van der Waals surface area contributed by atoms with Crippen molar-refractivity contribution in [3.63, 3.8) is 0 Å². The summed E-state index contributed by atoms with van der Waals surface area (Å²) in [6, 6.07) is 16.4. The topological polar surface area (TPSA) is 36.1 Å². The fourth-order valence-electron chi connectivity index (χ4n) is 1.61. The van der Waals surface area contributed by atoms with Crippen molar-refractivity contribution < 1.29 is 0 Å². The normalized spacial score (nSPS) is 9.76. The third kappa shape index (κ3) is 2.91. The maximum atomic E-state index is 3.35. The Morgan fingerprint density at radius 1 is 0.529 bits per heavy atom. The number of nitrogens with one attached hydrogen (secondary N) is 3. The summed E-state index contributed by atoms with van der Waals surface area (Å²) in [6.45, 7) is 0. The monoisotopic (exact) mass is 227 g/mol. The molecule has 88 valence electrons. The summed E-state index contributed by atoms with van der Waals surface area (Å²) in [6.07, 6.45) is 0. The van der Waals surface area contributed by atoms with E-state index in [9.17, 15) is 0 Å². The molecule has 17 heavy (non-hydrogen) atoms. The van der Waals surface area contributed by atoms with Gasteiger partial charge in [0.2, 0.25) is 0 Å². The molecular formula is C14H17N3. The van der Waals surface area contributed by atoms with Gasteiger partial charge in [-0.2, -0.15) is 0 Å². The molecule has 2 aromatic rings. The van der Waals surface area contributed by atoms with E-state index >= 15 is 0 Å². The van der Waals surface area contributed by atoms with E-state index in [2.05, 4.69) is 40.2 Å². The fourth-order valence-corrected chi connectivity index (χ4v) is 1.61.